The molecule has 0 aromatic heterocycles. The molecule has 104 valence electrons. The van der Waals surface area contributed by atoms with Crippen molar-refractivity contribution in [3.63, 3.8) is 0 Å². The molecule has 2 N–H and O–H groups in total. The van der Waals surface area contributed by atoms with Gasteiger partial charge in [0.1, 0.15) is 0 Å². The SMILES string of the molecule is CSC1(CNC(=O)CC(C)(C(=O)O)C(C)C)CC1. The fourth-order valence-electron chi connectivity index (χ4n) is 1.77. The first-order chi connectivity index (χ1) is 8.26. The number of nitrogens with one attached hydrogen (secondary N) is 1. The Morgan fingerprint density at radius 1 is 1.44 bits per heavy atom. The highest BCUT2D eigenvalue weighted by Crippen LogP contribution is 2.46. The number of amides is 1. The highest BCUT2D eigenvalue weighted by atomic mass is 32.2. The van der Waals surface area contributed by atoms with Crippen LogP contribution in [0.15, 0.2) is 0 Å². The number of carboxylic acid groups (broad SMARTS) is 1. The summed E-state index contributed by atoms with van der Waals surface area (Å²) in [5.41, 5.74) is -0.986. The van der Waals surface area contributed by atoms with Crippen molar-refractivity contribution < 1.29 is 14.7 Å². The van der Waals surface area contributed by atoms with Gasteiger partial charge in [0, 0.05) is 17.7 Å². The first kappa shape index (κ1) is 15.3. The van der Waals surface area contributed by atoms with Crippen LogP contribution in [0.2, 0.25) is 0 Å². The maximum Gasteiger partial charge on any atom is 0.310 e. The summed E-state index contributed by atoms with van der Waals surface area (Å²) in [5.74, 6) is -1.14. The fourth-order valence-corrected chi connectivity index (χ4v) is 2.50. The number of carboxylic acids is 1. The predicted molar refractivity (Wildman–Crippen MR) is 73.7 cm³/mol. The van der Waals surface area contributed by atoms with E-state index in [-0.39, 0.29) is 23.0 Å². The predicted octanol–water partition coefficient (Wildman–Crippen LogP) is 2.14. The lowest BCUT2D eigenvalue weighted by Gasteiger charge is -2.28. The van der Waals surface area contributed by atoms with Gasteiger partial charge in [0.25, 0.3) is 0 Å². The van der Waals surface area contributed by atoms with Crippen LogP contribution < -0.4 is 5.32 Å². The summed E-state index contributed by atoms with van der Waals surface area (Å²) in [6.45, 7) is 5.97. The molecule has 1 atom stereocenters. The first-order valence-electron chi connectivity index (χ1n) is 6.31. The molecule has 1 aliphatic carbocycles. The van der Waals surface area contributed by atoms with Crippen LogP contribution in [0.4, 0.5) is 0 Å². The van der Waals surface area contributed by atoms with Gasteiger partial charge in [-0.1, -0.05) is 13.8 Å². The monoisotopic (exact) mass is 273 g/mol. The molecule has 1 saturated carbocycles. The number of rotatable bonds is 7. The van der Waals surface area contributed by atoms with E-state index in [0.717, 1.165) is 12.8 Å². The van der Waals surface area contributed by atoms with Crippen LogP contribution in [0.25, 0.3) is 0 Å². The molecule has 0 aromatic carbocycles. The second-order valence-corrected chi connectivity index (χ2v) is 6.99. The van der Waals surface area contributed by atoms with Crippen molar-refractivity contribution in [2.45, 2.75) is 44.8 Å². The molecule has 0 spiro atoms. The zero-order valence-corrected chi connectivity index (χ0v) is 12.4. The van der Waals surface area contributed by atoms with E-state index in [1.54, 1.807) is 18.7 Å². The molecule has 0 aromatic rings. The second kappa shape index (κ2) is 5.51. The van der Waals surface area contributed by atoms with Gasteiger partial charge in [-0.2, -0.15) is 11.8 Å². The third-order valence-corrected chi connectivity index (χ3v) is 5.56. The van der Waals surface area contributed by atoms with Gasteiger partial charge in [0.2, 0.25) is 5.91 Å². The maximum atomic E-state index is 11.9. The van der Waals surface area contributed by atoms with Crippen LogP contribution in [0, 0.1) is 11.3 Å². The highest BCUT2D eigenvalue weighted by molar-refractivity contribution is 8.00. The number of carbonyl (C=O) groups excluding carboxylic acids is 1. The van der Waals surface area contributed by atoms with Gasteiger partial charge in [-0.3, -0.25) is 9.59 Å². The molecule has 1 amide bonds. The Bertz CT molecular complexity index is 339. The van der Waals surface area contributed by atoms with Crippen molar-refractivity contribution in [3.05, 3.63) is 0 Å². The number of hydrogen-bond donors (Lipinski definition) is 2. The van der Waals surface area contributed by atoms with E-state index in [4.69, 9.17) is 0 Å². The summed E-state index contributed by atoms with van der Waals surface area (Å²) in [6, 6.07) is 0. The highest BCUT2D eigenvalue weighted by Gasteiger charge is 2.43. The van der Waals surface area contributed by atoms with E-state index < -0.39 is 11.4 Å². The standard InChI is InChI=1S/C13H23NO3S/c1-9(2)12(3,11(16)17)7-10(15)14-8-13(18-4)5-6-13/h9H,5-8H2,1-4H3,(H,14,15)(H,16,17). The normalized spacial score (nSPS) is 20.3. The van der Waals surface area contributed by atoms with E-state index in [9.17, 15) is 14.7 Å². The molecule has 1 fully saturated rings. The molecule has 1 unspecified atom stereocenters. The lowest BCUT2D eigenvalue weighted by atomic mass is 9.76. The van der Waals surface area contributed by atoms with Crippen LogP contribution >= 0.6 is 11.8 Å². The minimum absolute atomic E-state index is 0.0461. The molecule has 0 aliphatic heterocycles. The quantitative estimate of drug-likeness (QED) is 0.746. The van der Waals surface area contributed by atoms with Gasteiger partial charge < -0.3 is 10.4 Å². The Morgan fingerprint density at radius 2 is 2.00 bits per heavy atom. The molecule has 1 aliphatic rings. The molecule has 0 bridgehead atoms. The molecule has 5 heteroatoms. The summed E-state index contributed by atoms with van der Waals surface area (Å²) in [6.07, 6.45) is 4.36. The zero-order valence-electron chi connectivity index (χ0n) is 11.6. The van der Waals surface area contributed by atoms with Crippen LogP contribution in [0.5, 0.6) is 0 Å². The molecule has 0 radical (unpaired) electrons. The zero-order chi connectivity index (χ0) is 14.0. The second-order valence-electron chi connectivity index (χ2n) is 5.72. The Balaban J connectivity index is 2.50. The molecular formula is C13H23NO3S. The summed E-state index contributed by atoms with van der Waals surface area (Å²) in [4.78, 5) is 23.2. The number of thioether (sulfide) groups is 1. The van der Waals surface area contributed by atoms with Gasteiger partial charge in [-0.05, 0) is 31.9 Å². The largest absolute Gasteiger partial charge is 0.481 e. The van der Waals surface area contributed by atoms with Crippen molar-refractivity contribution in [1.82, 2.24) is 5.32 Å². The summed E-state index contributed by atoms with van der Waals surface area (Å²) < 4.78 is 0.215. The van der Waals surface area contributed by atoms with Gasteiger partial charge in [0.15, 0.2) is 0 Å². The minimum atomic E-state index is -0.986. The van der Waals surface area contributed by atoms with Crippen molar-refractivity contribution in [3.8, 4) is 0 Å². The minimum Gasteiger partial charge on any atom is -0.481 e. The molecule has 18 heavy (non-hydrogen) atoms. The smallest absolute Gasteiger partial charge is 0.310 e. The Kier molecular flexibility index (Phi) is 4.70. The molecule has 0 saturated heterocycles. The topological polar surface area (TPSA) is 66.4 Å². The molecular weight excluding hydrogens is 250 g/mol. The van der Waals surface area contributed by atoms with Crippen LogP contribution in [-0.4, -0.2) is 34.5 Å². The van der Waals surface area contributed by atoms with E-state index in [1.807, 2.05) is 13.8 Å². The van der Waals surface area contributed by atoms with Crippen molar-refractivity contribution >= 4 is 23.6 Å². The first-order valence-corrected chi connectivity index (χ1v) is 7.53. The lowest BCUT2D eigenvalue weighted by Crippen LogP contribution is -2.41. The average Bonchev–Trinajstić information content (AvgIpc) is 3.06. The van der Waals surface area contributed by atoms with Gasteiger partial charge in [0.05, 0.1) is 5.41 Å². The summed E-state index contributed by atoms with van der Waals surface area (Å²) >= 11 is 1.78. The Morgan fingerprint density at radius 3 is 2.33 bits per heavy atom. The molecule has 1 rings (SSSR count). The third kappa shape index (κ3) is 3.40. The Hall–Kier alpha value is -0.710. The summed E-state index contributed by atoms with van der Waals surface area (Å²) in [7, 11) is 0. The van der Waals surface area contributed by atoms with Gasteiger partial charge in [-0.25, -0.2) is 0 Å². The maximum absolute atomic E-state index is 11.9. The third-order valence-electron chi connectivity index (χ3n) is 4.14. The van der Waals surface area contributed by atoms with Gasteiger partial charge in [-0.15, -0.1) is 0 Å². The van der Waals surface area contributed by atoms with E-state index >= 15 is 0 Å². The average molecular weight is 273 g/mol. The van der Waals surface area contributed by atoms with Crippen LogP contribution in [0.1, 0.15) is 40.0 Å². The van der Waals surface area contributed by atoms with E-state index in [2.05, 4.69) is 11.6 Å². The van der Waals surface area contributed by atoms with Crippen molar-refractivity contribution in [2.24, 2.45) is 11.3 Å². The van der Waals surface area contributed by atoms with Crippen molar-refractivity contribution in [1.29, 1.82) is 0 Å². The van der Waals surface area contributed by atoms with Crippen LogP contribution in [0.3, 0.4) is 0 Å². The van der Waals surface area contributed by atoms with Crippen LogP contribution in [-0.2, 0) is 9.59 Å². The lowest BCUT2D eigenvalue weighted by molar-refractivity contribution is -0.153. The number of aliphatic carboxylic acids is 1. The van der Waals surface area contributed by atoms with Gasteiger partial charge >= 0.3 is 5.97 Å². The molecule has 0 heterocycles. The number of carbonyl (C=O) groups is 2. The molecule has 4 nitrogen and oxygen atoms in total. The summed E-state index contributed by atoms with van der Waals surface area (Å²) in [5, 5.41) is 12.1. The number of hydrogen-bond acceptors (Lipinski definition) is 3. The Labute approximate surface area is 113 Å². The van der Waals surface area contributed by atoms with E-state index in [0.29, 0.717) is 6.54 Å². The van der Waals surface area contributed by atoms with Crippen molar-refractivity contribution in [2.75, 3.05) is 12.8 Å². The fraction of sp³-hybridized carbons (Fsp3) is 0.846. The van der Waals surface area contributed by atoms with E-state index in [1.165, 1.54) is 0 Å².